The lowest BCUT2D eigenvalue weighted by molar-refractivity contribution is -0.134. The zero-order valence-corrected chi connectivity index (χ0v) is 16.6. The highest BCUT2D eigenvalue weighted by molar-refractivity contribution is 6.00. The average Bonchev–Trinajstić information content (AvgIpc) is 3.32. The lowest BCUT2D eigenvalue weighted by Gasteiger charge is -2.21. The Morgan fingerprint density at radius 1 is 1.14 bits per heavy atom. The minimum absolute atomic E-state index is 0.0368. The molecule has 0 saturated carbocycles. The topological polar surface area (TPSA) is 66.6 Å². The van der Waals surface area contributed by atoms with Gasteiger partial charge in [0, 0.05) is 32.0 Å². The Bertz CT molecular complexity index is 918. The molecule has 2 saturated heterocycles. The largest absolute Gasteiger partial charge is 0.341 e. The van der Waals surface area contributed by atoms with Gasteiger partial charge in [-0.3, -0.25) is 9.59 Å². The monoisotopic (exact) mass is 395 g/mol. The zero-order valence-electron chi connectivity index (χ0n) is 16.6. The molecule has 0 spiro atoms. The summed E-state index contributed by atoms with van der Waals surface area (Å²) in [4.78, 5) is 28.9. The predicted octanol–water partition coefficient (Wildman–Crippen LogP) is 2.69. The summed E-state index contributed by atoms with van der Waals surface area (Å²) in [6, 6.07) is 14.9. The SMILES string of the molecule is Cc1ccc(N2CC(C(=O)N3C[C@@H](CN)[C@H](c4ccccc4)C3)CC2=O)c(F)c1. The Morgan fingerprint density at radius 3 is 2.59 bits per heavy atom. The fraction of sp³-hybridized carbons (Fsp3) is 0.391. The molecule has 2 aromatic carbocycles. The molecular weight excluding hydrogens is 369 g/mol. The van der Waals surface area contributed by atoms with Gasteiger partial charge in [-0.05, 0) is 42.6 Å². The molecule has 0 aliphatic carbocycles. The standard InChI is InChI=1S/C23H26FN3O2/c1-15-7-8-21(20(24)9-15)27-13-17(10-22(27)28)23(29)26-12-18(11-25)19(14-26)16-5-3-2-4-6-16/h2-9,17-19H,10-14,25H2,1H3/t17?,18-,19+/m1/s1. The first-order valence-electron chi connectivity index (χ1n) is 10.1. The van der Waals surface area contributed by atoms with Crippen molar-refractivity contribution < 1.29 is 14.0 Å². The van der Waals surface area contributed by atoms with Crippen molar-refractivity contribution in [2.45, 2.75) is 19.3 Å². The number of hydrogen-bond donors (Lipinski definition) is 1. The summed E-state index contributed by atoms with van der Waals surface area (Å²) in [7, 11) is 0. The highest BCUT2D eigenvalue weighted by atomic mass is 19.1. The number of aryl methyl sites for hydroxylation is 1. The van der Waals surface area contributed by atoms with Crippen LogP contribution in [-0.4, -0.2) is 42.9 Å². The van der Waals surface area contributed by atoms with Crippen molar-refractivity contribution in [2.24, 2.45) is 17.6 Å². The third kappa shape index (κ3) is 3.77. The molecule has 0 radical (unpaired) electrons. The van der Waals surface area contributed by atoms with Crippen LogP contribution in [0.15, 0.2) is 48.5 Å². The maximum Gasteiger partial charge on any atom is 0.228 e. The van der Waals surface area contributed by atoms with Gasteiger partial charge in [0.25, 0.3) is 0 Å². The summed E-state index contributed by atoms with van der Waals surface area (Å²) >= 11 is 0. The molecule has 2 aliphatic heterocycles. The van der Waals surface area contributed by atoms with E-state index in [0.29, 0.717) is 19.6 Å². The second-order valence-electron chi connectivity index (χ2n) is 8.12. The van der Waals surface area contributed by atoms with Crippen molar-refractivity contribution in [1.29, 1.82) is 0 Å². The number of carbonyl (C=O) groups is 2. The van der Waals surface area contributed by atoms with E-state index >= 15 is 0 Å². The number of halogens is 1. The third-order valence-electron chi connectivity index (χ3n) is 6.15. The molecule has 29 heavy (non-hydrogen) atoms. The van der Waals surface area contributed by atoms with E-state index in [4.69, 9.17) is 5.73 Å². The first kappa shape index (κ1) is 19.6. The van der Waals surface area contributed by atoms with Crippen LogP contribution in [0.2, 0.25) is 0 Å². The Labute approximate surface area is 170 Å². The Kier molecular flexibility index (Phi) is 5.37. The quantitative estimate of drug-likeness (QED) is 0.866. The van der Waals surface area contributed by atoms with Crippen LogP contribution < -0.4 is 10.6 Å². The van der Waals surface area contributed by atoms with E-state index < -0.39 is 11.7 Å². The van der Waals surface area contributed by atoms with Gasteiger partial charge in [0.05, 0.1) is 11.6 Å². The molecule has 2 amide bonds. The highest BCUT2D eigenvalue weighted by Gasteiger charge is 2.42. The Balaban J connectivity index is 1.48. The molecule has 4 rings (SSSR count). The summed E-state index contributed by atoms with van der Waals surface area (Å²) in [6.07, 6.45) is 0.117. The van der Waals surface area contributed by atoms with Crippen LogP contribution in [0.3, 0.4) is 0 Å². The number of anilines is 1. The van der Waals surface area contributed by atoms with Crippen molar-refractivity contribution >= 4 is 17.5 Å². The van der Waals surface area contributed by atoms with Crippen LogP contribution in [0.25, 0.3) is 0 Å². The normalized spacial score (nSPS) is 24.4. The minimum Gasteiger partial charge on any atom is -0.341 e. The molecule has 2 fully saturated rings. The molecule has 2 aromatic rings. The van der Waals surface area contributed by atoms with E-state index in [1.54, 1.807) is 19.1 Å². The summed E-state index contributed by atoms with van der Waals surface area (Å²) in [6.45, 7) is 3.73. The lowest BCUT2D eigenvalue weighted by atomic mass is 9.89. The van der Waals surface area contributed by atoms with Gasteiger partial charge >= 0.3 is 0 Å². The van der Waals surface area contributed by atoms with Crippen LogP contribution in [0, 0.1) is 24.6 Å². The van der Waals surface area contributed by atoms with Gasteiger partial charge in [-0.15, -0.1) is 0 Å². The molecule has 3 atom stereocenters. The fourth-order valence-electron chi connectivity index (χ4n) is 4.56. The van der Waals surface area contributed by atoms with Gasteiger partial charge in [0.15, 0.2) is 0 Å². The minimum atomic E-state index is -0.448. The second-order valence-corrected chi connectivity index (χ2v) is 8.12. The van der Waals surface area contributed by atoms with Crippen LogP contribution in [0.5, 0.6) is 0 Å². The lowest BCUT2D eigenvalue weighted by Crippen LogP contribution is -2.36. The van der Waals surface area contributed by atoms with Crippen molar-refractivity contribution in [3.63, 3.8) is 0 Å². The van der Waals surface area contributed by atoms with E-state index in [1.807, 2.05) is 23.1 Å². The second kappa shape index (κ2) is 7.95. The number of hydrogen-bond acceptors (Lipinski definition) is 3. The number of nitrogens with zero attached hydrogens (tertiary/aromatic N) is 2. The van der Waals surface area contributed by atoms with E-state index in [1.165, 1.54) is 16.5 Å². The van der Waals surface area contributed by atoms with E-state index in [-0.39, 0.29) is 42.3 Å². The molecule has 2 heterocycles. The number of likely N-dealkylation sites (tertiary alicyclic amines) is 1. The number of amides is 2. The Hall–Kier alpha value is -2.73. The van der Waals surface area contributed by atoms with Gasteiger partial charge in [-0.25, -0.2) is 4.39 Å². The average molecular weight is 395 g/mol. The van der Waals surface area contributed by atoms with Crippen molar-refractivity contribution in [3.8, 4) is 0 Å². The number of nitrogens with two attached hydrogens (primary N) is 1. The van der Waals surface area contributed by atoms with Crippen molar-refractivity contribution in [1.82, 2.24) is 4.90 Å². The maximum atomic E-state index is 14.3. The first-order chi connectivity index (χ1) is 14.0. The summed E-state index contributed by atoms with van der Waals surface area (Å²) in [5.41, 5.74) is 8.21. The molecule has 0 bridgehead atoms. The van der Waals surface area contributed by atoms with Crippen LogP contribution in [-0.2, 0) is 9.59 Å². The smallest absolute Gasteiger partial charge is 0.228 e. The summed E-state index contributed by atoms with van der Waals surface area (Å²) < 4.78 is 14.3. The zero-order chi connectivity index (χ0) is 20.5. The maximum absolute atomic E-state index is 14.3. The van der Waals surface area contributed by atoms with E-state index in [0.717, 1.165) is 5.56 Å². The van der Waals surface area contributed by atoms with Gasteiger partial charge < -0.3 is 15.5 Å². The number of benzene rings is 2. The Morgan fingerprint density at radius 2 is 1.90 bits per heavy atom. The van der Waals surface area contributed by atoms with Gasteiger partial charge in [-0.1, -0.05) is 36.4 Å². The fourth-order valence-corrected chi connectivity index (χ4v) is 4.56. The highest BCUT2D eigenvalue weighted by Crippen LogP contribution is 2.35. The van der Waals surface area contributed by atoms with Gasteiger partial charge in [0.1, 0.15) is 5.82 Å². The van der Waals surface area contributed by atoms with Crippen LogP contribution >= 0.6 is 0 Å². The molecule has 152 valence electrons. The third-order valence-corrected chi connectivity index (χ3v) is 6.15. The molecule has 6 heteroatoms. The number of rotatable bonds is 4. The van der Waals surface area contributed by atoms with Gasteiger partial charge in [0.2, 0.25) is 11.8 Å². The van der Waals surface area contributed by atoms with Gasteiger partial charge in [-0.2, -0.15) is 0 Å². The molecular formula is C23H26FN3O2. The predicted molar refractivity (Wildman–Crippen MR) is 110 cm³/mol. The molecule has 2 aliphatic rings. The van der Waals surface area contributed by atoms with Crippen molar-refractivity contribution in [2.75, 3.05) is 31.1 Å². The molecule has 1 unspecified atom stereocenters. The molecule has 0 aromatic heterocycles. The summed E-state index contributed by atoms with van der Waals surface area (Å²) in [5, 5.41) is 0. The van der Waals surface area contributed by atoms with E-state index in [9.17, 15) is 14.0 Å². The number of carbonyl (C=O) groups excluding carboxylic acids is 2. The van der Waals surface area contributed by atoms with E-state index in [2.05, 4.69) is 12.1 Å². The van der Waals surface area contributed by atoms with Crippen molar-refractivity contribution in [3.05, 3.63) is 65.5 Å². The van der Waals surface area contributed by atoms with Crippen LogP contribution in [0.4, 0.5) is 10.1 Å². The molecule has 5 nitrogen and oxygen atoms in total. The summed E-state index contributed by atoms with van der Waals surface area (Å²) in [5.74, 6) is -0.723. The first-order valence-corrected chi connectivity index (χ1v) is 10.1. The van der Waals surface area contributed by atoms with Crippen LogP contribution in [0.1, 0.15) is 23.5 Å². The molecule has 2 N–H and O–H groups in total.